The number of fused-ring (bicyclic) bond motifs is 1. The molecule has 0 bridgehead atoms. The van der Waals surface area contributed by atoms with E-state index in [9.17, 15) is 9.90 Å². The van der Waals surface area contributed by atoms with E-state index in [1.165, 1.54) is 5.56 Å². The quantitative estimate of drug-likeness (QED) is 0.790. The second-order valence-corrected chi connectivity index (χ2v) is 8.31. The average Bonchev–Trinajstić information content (AvgIpc) is 2.59. The van der Waals surface area contributed by atoms with Crippen LogP contribution in [0.5, 0.6) is 0 Å². The minimum atomic E-state index is -0.286. The van der Waals surface area contributed by atoms with Crippen LogP contribution in [-0.2, 0) is 6.54 Å². The number of aliphatic hydroxyl groups is 1. The van der Waals surface area contributed by atoms with Crippen LogP contribution in [0, 0.1) is 19.8 Å². The van der Waals surface area contributed by atoms with Crippen LogP contribution in [0.15, 0.2) is 27.4 Å². The minimum Gasteiger partial charge on any atom is -0.423 e. The maximum absolute atomic E-state index is 12.1. The zero-order valence-corrected chi connectivity index (χ0v) is 17.0. The Bertz CT molecular complexity index is 843. The van der Waals surface area contributed by atoms with E-state index in [4.69, 9.17) is 4.42 Å². The number of piperazine rings is 1. The molecule has 0 saturated carbocycles. The minimum absolute atomic E-state index is 0.212. The van der Waals surface area contributed by atoms with E-state index in [1.54, 1.807) is 6.07 Å². The van der Waals surface area contributed by atoms with Crippen molar-refractivity contribution in [3.63, 3.8) is 0 Å². The van der Waals surface area contributed by atoms with Gasteiger partial charge in [0.1, 0.15) is 5.58 Å². The zero-order chi connectivity index (χ0) is 19.6. The third-order valence-electron chi connectivity index (χ3n) is 5.59. The highest BCUT2D eigenvalue weighted by molar-refractivity contribution is 5.81. The van der Waals surface area contributed by atoms with Crippen molar-refractivity contribution in [2.45, 2.75) is 46.7 Å². The number of nitrogens with zero attached hydrogens (tertiary/aromatic N) is 2. The van der Waals surface area contributed by atoms with Crippen LogP contribution in [-0.4, -0.2) is 53.7 Å². The van der Waals surface area contributed by atoms with Crippen molar-refractivity contribution < 1.29 is 9.52 Å². The summed E-state index contributed by atoms with van der Waals surface area (Å²) in [6.07, 6.45) is 0.791. The highest BCUT2D eigenvalue weighted by Crippen LogP contribution is 2.24. The number of benzene rings is 1. The summed E-state index contributed by atoms with van der Waals surface area (Å²) < 4.78 is 5.43. The number of aryl methyl sites for hydroxylation is 2. The Kier molecular flexibility index (Phi) is 6.35. The number of aliphatic hydroxyl groups excluding tert-OH is 1. The molecule has 0 radical (unpaired) electrons. The molecule has 0 spiro atoms. The van der Waals surface area contributed by atoms with Gasteiger partial charge in [-0.25, -0.2) is 4.79 Å². The molecule has 2 aromatic rings. The number of rotatable bonds is 6. The molecule has 1 atom stereocenters. The SMILES string of the molecule is Cc1cc2oc(=O)cc(CN3CCN(CC(C)C)C(CCO)C3)c2cc1C. The van der Waals surface area contributed by atoms with E-state index in [0.717, 1.165) is 55.7 Å². The van der Waals surface area contributed by atoms with Gasteiger partial charge in [0, 0.05) is 56.8 Å². The fraction of sp³-hybridized carbons (Fsp3) is 0.591. The summed E-state index contributed by atoms with van der Waals surface area (Å²) in [4.78, 5) is 17.0. The summed E-state index contributed by atoms with van der Waals surface area (Å²) >= 11 is 0. The van der Waals surface area contributed by atoms with Gasteiger partial charge in [0.15, 0.2) is 0 Å². The Labute approximate surface area is 161 Å². The number of hydrogen-bond donors (Lipinski definition) is 1. The Hall–Kier alpha value is -1.69. The van der Waals surface area contributed by atoms with Crippen molar-refractivity contribution in [1.29, 1.82) is 0 Å². The van der Waals surface area contributed by atoms with Crippen LogP contribution in [0.3, 0.4) is 0 Å². The first-order chi connectivity index (χ1) is 12.9. The predicted molar refractivity (Wildman–Crippen MR) is 109 cm³/mol. The molecule has 1 N–H and O–H groups in total. The Balaban J connectivity index is 1.83. The van der Waals surface area contributed by atoms with Gasteiger partial charge in [-0.3, -0.25) is 9.80 Å². The molecule has 1 saturated heterocycles. The van der Waals surface area contributed by atoms with Gasteiger partial charge in [-0.2, -0.15) is 0 Å². The van der Waals surface area contributed by atoms with Gasteiger partial charge in [0.25, 0.3) is 0 Å². The van der Waals surface area contributed by atoms with Gasteiger partial charge >= 0.3 is 5.63 Å². The molecular formula is C22H32N2O3. The molecule has 1 aromatic carbocycles. The lowest BCUT2D eigenvalue weighted by Gasteiger charge is -2.42. The third-order valence-corrected chi connectivity index (χ3v) is 5.59. The van der Waals surface area contributed by atoms with Crippen molar-refractivity contribution in [2.24, 2.45) is 5.92 Å². The third kappa shape index (κ3) is 4.78. The van der Waals surface area contributed by atoms with Crippen molar-refractivity contribution in [3.05, 3.63) is 45.3 Å². The second kappa shape index (κ2) is 8.55. The Morgan fingerprint density at radius 2 is 1.93 bits per heavy atom. The Morgan fingerprint density at radius 1 is 1.19 bits per heavy atom. The molecule has 1 aromatic heterocycles. The lowest BCUT2D eigenvalue weighted by Crippen LogP contribution is -2.53. The van der Waals surface area contributed by atoms with E-state index in [0.29, 0.717) is 17.5 Å². The average molecular weight is 373 g/mol. The summed E-state index contributed by atoms with van der Waals surface area (Å²) in [6, 6.07) is 6.09. The van der Waals surface area contributed by atoms with Gasteiger partial charge in [-0.05, 0) is 55.0 Å². The van der Waals surface area contributed by atoms with Crippen LogP contribution in [0.4, 0.5) is 0 Å². The van der Waals surface area contributed by atoms with Crippen LogP contribution in [0.1, 0.15) is 37.0 Å². The first kappa shape index (κ1) is 20.1. The molecule has 1 unspecified atom stereocenters. The maximum atomic E-state index is 12.1. The molecule has 3 rings (SSSR count). The van der Waals surface area contributed by atoms with Crippen molar-refractivity contribution in [3.8, 4) is 0 Å². The van der Waals surface area contributed by atoms with E-state index >= 15 is 0 Å². The van der Waals surface area contributed by atoms with Crippen molar-refractivity contribution in [1.82, 2.24) is 9.80 Å². The Morgan fingerprint density at radius 3 is 2.63 bits per heavy atom. The van der Waals surface area contributed by atoms with Crippen molar-refractivity contribution in [2.75, 3.05) is 32.8 Å². The summed E-state index contributed by atoms with van der Waals surface area (Å²) in [5.41, 5.74) is 3.76. The summed E-state index contributed by atoms with van der Waals surface area (Å²) in [5, 5.41) is 10.5. The molecule has 0 aliphatic carbocycles. The van der Waals surface area contributed by atoms with Gasteiger partial charge in [-0.15, -0.1) is 0 Å². The highest BCUT2D eigenvalue weighted by Gasteiger charge is 2.27. The van der Waals surface area contributed by atoms with E-state index in [1.807, 2.05) is 13.0 Å². The smallest absolute Gasteiger partial charge is 0.336 e. The molecule has 148 valence electrons. The fourth-order valence-electron chi connectivity index (χ4n) is 4.09. The fourth-order valence-corrected chi connectivity index (χ4v) is 4.09. The zero-order valence-electron chi connectivity index (χ0n) is 17.0. The maximum Gasteiger partial charge on any atom is 0.336 e. The normalized spacial score (nSPS) is 19.3. The number of hydrogen-bond acceptors (Lipinski definition) is 5. The molecule has 1 aliphatic heterocycles. The van der Waals surface area contributed by atoms with Crippen LogP contribution in [0.2, 0.25) is 0 Å². The monoisotopic (exact) mass is 372 g/mol. The van der Waals surface area contributed by atoms with Gasteiger partial charge in [0.05, 0.1) is 0 Å². The standard InChI is InChI=1S/C22H32N2O3/c1-15(2)12-24-7-6-23(14-19(24)5-8-25)13-18-11-22(26)27-21-10-17(4)16(3)9-20(18)21/h9-11,15,19,25H,5-8,12-14H2,1-4H3. The predicted octanol–water partition coefficient (Wildman–Crippen LogP) is 2.93. The van der Waals surface area contributed by atoms with E-state index in [-0.39, 0.29) is 12.2 Å². The van der Waals surface area contributed by atoms with Gasteiger partial charge in [0.2, 0.25) is 0 Å². The van der Waals surface area contributed by atoms with Gasteiger partial charge < -0.3 is 9.52 Å². The van der Waals surface area contributed by atoms with Crippen LogP contribution < -0.4 is 5.63 Å². The first-order valence-electron chi connectivity index (χ1n) is 9.98. The lowest BCUT2D eigenvalue weighted by molar-refractivity contribution is 0.0478. The van der Waals surface area contributed by atoms with Gasteiger partial charge in [-0.1, -0.05) is 13.8 Å². The molecule has 2 heterocycles. The molecule has 5 heteroatoms. The first-order valence-corrected chi connectivity index (χ1v) is 9.98. The van der Waals surface area contributed by atoms with E-state index < -0.39 is 0 Å². The summed E-state index contributed by atoms with van der Waals surface area (Å²) in [5.74, 6) is 0.617. The molecule has 0 amide bonds. The molecule has 1 fully saturated rings. The summed E-state index contributed by atoms with van der Waals surface area (Å²) in [7, 11) is 0. The van der Waals surface area contributed by atoms with Crippen LogP contribution in [0.25, 0.3) is 11.0 Å². The molecule has 1 aliphatic rings. The van der Waals surface area contributed by atoms with E-state index in [2.05, 4.69) is 36.6 Å². The van der Waals surface area contributed by atoms with Crippen molar-refractivity contribution >= 4 is 11.0 Å². The highest BCUT2D eigenvalue weighted by atomic mass is 16.4. The molecule has 5 nitrogen and oxygen atoms in total. The molecular weight excluding hydrogens is 340 g/mol. The van der Waals surface area contributed by atoms with Crippen LogP contribution >= 0.6 is 0 Å². The topological polar surface area (TPSA) is 56.9 Å². The largest absolute Gasteiger partial charge is 0.423 e. The summed E-state index contributed by atoms with van der Waals surface area (Å²) in [6.45, 7) is 13.5. The second-order valence-electron chi connectivity index (χ2n) is 8.31. The lowest BCUT2D eigenvalue weighted by atomic mass is 10.0. The molecule has 27 heavy (non-hydrogen) atoms.